The first kappa shape index (κ1) is 26.0. The summed E-state index contributed by atoms with van der Waals surface area (Å²) in [4.78, 5) is 0. The zero-order valence-corrected chi connectivity index (χ0v) is 24.9. The van der Waals surface area contributed by atoms with Gasteiger partial charge in [0.05, 0.1) is 0 Å². The van der Waals surface area contributed by atoms with E-state index in [4.69, 9.17) is 0 Å². The highest BCUT2D eigenvalue weighted by Crippen LogP contribution is 2.42. The van der Waals surface area contributed by atoms with Crippen LogP contribution >= 0.6 is 0 Å². The predicted octanol–water partition coefficient (Wildman–Crippen LogP) is 8.33. The fourth-order valence-electron chi connectivity index (χ4n) is 6.75. The van der Waals surface area contributed by atoms with Gasteiger partial charge in [-0.1, -0.05) is 157 Å². The molecule has 0 saturated heterocycles. The Morgan fingerprint density at radius 2 is 0.825 bits per heavy atom. The first-order valence-electron chi connectivity index (χ1n) is 14.3. The van der Waals surface area contributed by atoms with Crippen molar-refractivity contribution >= 4 is 23.6 Å². The van der Waals surface area contributed by atoms with Crippen LogP contribution in [0.25, 0.3) is 22.3 Å². The Bertz CT molecular complexity index is 1600. The quantitative estimate of drug-likeness (QED) is 0.152. The van der Waals surface area contributed by atoms with Crippen LogP contribution < -0.4 is 15.6 Å². The van der Waals surface area contributed by atoms with E-state index in [0.717, 1.165) is 0 Å². The van der Waals surface area contributed by atoms with Crippen LogP contribution in [0.4, 0.5) is 0 Å². The maximum atomic E-state index is 2.50. The largest absolute Gasteiger partial charge is 0.176 e. The Labute approximate surface area is 240 Å². The lowest BCUT2D eigenvalue weighted by Crippen LogP contribution is -2.69. The van der Waals surface area contributed by atoms with Gasteiger partial charge >= 0.3 is 0 Å². The fraction of sp³-hybridized carbons (Fsp3) is 0.128. The minimum Gasteiger partial charge on any atom is -0.0636 e. The fourth-order valence-corrected chi connectivity index (χ4v) is 12.4. The van der Waals surface area contributed by atoms with Gasteiger partial charge in [0, 0.05) is 0 Å². The summed E-state index contributed by atoms with van der Waals surface area (Å²) in [5, 5.41) is 5.93. The van der Waals surface area contributed by atoms with Crippen LogP contribution in [0.5, 0.6) is 0 Å². The Kier molecular flexibility index (Phi) is 7.00. The molecule has 6 rings (SSSR count). The molecule has 5 aromatic carbocycles. The zero-order chi connectivity index (χ0) is 27.7. The Balaban J connectivity index is 1.77. The lowest BCUT2D eigenvalue weighted by Gasteiger charge is -2.39. The predicted molar refractivity (Wildman–Crippen MR) is 175 cm³/mol. The smallest absolute Gasteiger partial charge is 0.0636 e. The number of hydrogen-bond acceptors (Lipinski definition) is 0. The summed E-state index contributed by atoms with van der Waals surface area (Å²) in [7, 11) is -2.69. The second-order valence-corrected chi connectivity index (χ2v) is 14.9. The third-order valence-corrected chi connectivity index (χ3v) is 14.2. The van der Waals surface area contributed by atoms with Crippen molar-refractivity contribution < 1.29 is 0 Å². The Hall–Kier alpha value is -4.20. The standard InChI is InChI=1S/C39H36Si/c1-28-29(2)31(4)39(30(28)3)40(36-21-13-7-14-22-36,37-23-15-8-16-24-37)38-26-34(32-17-9-5-10-18-32)25-35(27-38)33-19-11-6-12-20-33/h5-27,30H,1-4H3. The summed E-state index contributed by atoms with van der Waals surface area (Å²) in [6.45, 7) is 9.45. The van der Waals surface area contributed by atoms with E-state index < -0.39 is 8.07 Å². The van der Waals surface area contributed by atoms with Gasteiger partial charge in [0.2, 0.25) is 0 Å². The van der Waals surface area contributed by atoms with Crippen LogP contribution in [-0.4, -0.2) is 8.07 Å². The summed E-state index contributed by atoms with van der Waals surface area (Å²) >= 11 is 0. The minimum atomic E-state index is -2.69. The first-order chi connectivity index (χ1) is 19.5. The van der Waals surface area contributed by atoms with Gasteiger partial charge in [0.15, 0.2) is 8.07 Å². The summed E-state index contributed by atoms with van der Waals surface area (Å²) in [5.41, 5.74) is 9.46. The van der Waals surface area contributed by atoms with E-state index in [1.807, 2.05) is 0 Å². The number of benzene rings is 5. The molecular weight excluding hydrogens is 497 g/mol. The molecular formula is C39H36Si. The zero-order valence-electron chi connectivity index (χ0n) is 23.9. The van der Waals surface area contributed by atoms with Crippen LogP contribution in [0.1, 0.15) is 27.7 Å². The topological polar surface area (TPSA) is 0 Å². The molecule has 1 heteroatoms. The van der Waals surface area contributed by atoms with Crippen LogP contribution in [-0.2, 0) is 0 Å². The van der Waals surface area contributed by atoms with Gasteiger partial charge in [-0.3, -0.25) is 0 Å². The van der Waals surface area contributed by atoms with Gasteiger partial charge in [-0.15, -0.1) is 0 Å². The molecule has 0 fully saturated rings. The molecule has 1 unspecified atom stereocenters. The summed E-state index contributed by atoms with van der Waals surface area (Å²) < 4.78 is 0. The van der Waals surface area contributed by atoms with Crippen molar-refractivity contribution in [1.82, 2.24) is 0 Å². The van der Waals surface area contributed by atoms with Gasteiger partial charge in [-0.25, -0.2) is 0 Å². The maximum Gasteiger partial charge on any atom is 0.176 e. The molecule has 1 atom stereocenters. The summed E-state index contributed by atoms with van der Waals surface area (Å²) in [6.07, 6.45) is 0. The highest BCUT2D eigenvalue weighted by Gasteiger charge is 2.48. The van der Waals surface area contributed by atoms with Crippen LogP contribution in [0.3, 0.4) is 0 Å². The maximum absolute atomic E-state index is 2.69. The molecule has 0 saturated carbocycles. The van der Waals surface area contributed by atoms with E-state index in [0.29, 0.717) is 5.92 Å². The van der Waals surface area contributed by atoms with Crippen LogP contribution in [0.15, 0.2) is 161 Å². The molecule has 196 valence electrons. The lowest BCUT2D eigenvalue weighted by molar-refractivity contribution is 0.851. The molecule has 0 amide bonds. The van der Waals surface area contributed by atoms with Gasteiger partial charge in [0.25, 0.3) is 0 Å². The van der Waals surface area contributed by atoms with Crippen molar-refractivity contribution in [1.29, 1.82) is 0 Å². The number of rotatable bonds is 6. The molecule has 0 aliphatic heterocycles. The van der Waals surface area contributed by atoms with E-state index in [9.17, 15) is 0 Å². The van der Waals surface area contributed by atoms with E-state index in [2.05, 4.69) is 167 Å². The van der Waals surface area contributed by atoms with Crippen molar-refractivity contribution in [2.24, 2.45) is 5.92 Å². The van der Waals surface area contributed by atoms with E-state index in [1.54, 1.807) is 5.20 Å². The second kappa shape index (κ2) is 10.8. The summed E-state index contributed by atoms with van der Waals surface area (Å²) in [6, 6.07) is 51.8. The molecule has 1 aliphatic rings. The molecule has 5 aromatic rings. The van der Waals surface area contributed by atoms with Crippen LogP contribution in [0, 0.1) is 5.92 Å². The Morgan fingerprint density at radius 3 is 1.20 bits per heavy atom. The van der Waals surface area contributed by atoms with Gasteiger partial charge < -0.3 is 0 Å². The van der Waals surface area contributed by atoms with E-state index in [-0.39, 0.29) is 0 Å². The molecule has 0 heterocycles. The summed E-state index contributed by atoms with van der Waals surface area (Å²) in [5.74, 6) is 0.382. The molecule has 0 spiro atoms. The van der Waals surface area contributed by atoms with E-state index >= 15 is 0 Å². The first-order valence-corrected chi connectivity index (χ1v) is 16.3. The molecule has 0 N–H and O–H groups in total. The minimum absolute atomic E-state index is 0.382. The third-order valence-electron chi connectivity index (χ3n) is 9.04. The van der Waals surface area contributed by atoms with Gasteiger partial charge in [0.1, 0.15) is 0 Å². The van der Waals surface area contributed by atoms with Crippen molar-refractivity contribution in [2.75, 3.05) is 0 Å². The van der Waals surface area contributed by atoms with Crippen molar-refractivity contribution in [3.8, 4) is 22.3 Å². The Morgan fingerprint density at radius 1 is 0.425 bits per heavy atom. The third kappa shape index (κ3) is 4.31. The second-order valence-electron chi connectivity index (χ2n) is 11.1. The average molecular weight is 533 g/mol. The lowest BCUT2D eigenvalue weighted by atomic mass is 9.99. The number of hydrogen-bond donors (Lipinski definition) is 0. The monoisotopic (exact) mass is 532 g/mol. The van der Waals surface area contributed by atoms with Gasteiger partial charge in [-0.2, -0.15) is 0 Å². The van der Waals surface area contributed by atoms with E-state index in [1.165, 1.54) is 54.5 Å². The van der Waals surface area contributed by atoms with Gasteiger partial charge in [-0.05, 0) is 76.1 Å². The van der Waals surface area contributed by atoms with Crippen molar-refractivity contribution in [2.45, 2.75) is 27.7 Å². The molecule has 1 aliphatic carbocycles. The molecule has 0 nitrogen and oxygen atoms in total. The SMILES string of the molecule is CC1=C(C)C(C)C([Si](c2ccccc2)(c2ccccc2)c2cc(-c3ccccc3)cc(-c3ccccc3)c2)=C1C. The highest BCUT2D eigenvalue weighted by molar-refractivity contribution is 7.16. The molecule has 0 radical (unpaired) electrons. The van der Waals surface area contributed by atoms with Crippen molar-refractivity contribution in [3.05, 3.63) is 161 Å². The average Bonchev–Trinajstić information content (AvgIpc) is 3.22. The molecule has 0 bridgehead atoms. The highest BCUT2D eigenvalue weighted by atomic mass is 28.3. The normalized spacial score (nSPS) is 15.6. The van der Waals surface area contributed by atoms with Crippen molar-refractivity contribution in [3.63, 3.8) is 0 Å². The molecule has 0 aromatic heterocycles. The molecule has 40 heavy (non-hydrogen) atoms. The van der Waals surface area contributed by atoms with Crippen LogP contribution in [0.2, 0.25) is 0 Å². The number of allylic oxidation sites excluding steroid dienone is 4.